The molecule has 0 spiro atoms. The van der Waals surface area contributed by atoms with Gasteiger partial charge in [0.05, 0.1) is 0 Å². The zero-order valence-corrected chi connectivity index (χ0v) is 7.93. The van der Waals surface area contributed by atoms with E-state index in [0.717, 1.165) is 6.54 Å². The Morgan fingerprint density at radius 1 is 1.55 bits per heavy atom. The molecular weight excluding hydrogens is 136 g/mol. The summed E-state index contributed by atoms with van der Waals surface area (Å²) in [5, 5.41) is 0. The Balaban J connectivity index is 2.25. The van der Waals surface area contributed by atoms with E-state index in [0.29, 0.717) is 6.04 Å². The van der Waals surface area contributed by atoms with Gasteiger partial charge in [0.2, 0.25) is 0 Å². The molecule has 1 atom stereocenters. The van der Waals surface area contributed by atoms with Crippen LogP contribution in [0.4, 0.5) is 0 Å². The van der Waals surface area contributed by atoms with Gasteiger partial charge in [0.15, 0.2) is 0 Å². The highest BCUT2D eigenvalue weighted by Crippen LogP contribution is 2.33. The van der Waals surface area contributed by atoms with E-state index in [1.807, 2.05) is 0 Å². The minimum Gasteiger partial charge on any atom is -0.324 e. The van der Waals surface area contributed by atoms with Crippen LogP contribution in [0.5, 0.6) is 0 Å². The molecule has 1 saturated carbocycles. The van der Waals surface area contributed by atoms with Crippen molar-refractivity contribution < 1.29 is 0 Å². The predicted molar refractivity (Wildman–Crippen MR) is 48.5 cm³/mol. The van der Waals surface area contributed by atoms with Crippen LogP contribution in [0, 0.1) is 0 Å². The van der Waals surface area contributed by atoms with Crippen LogP contribution in [0.1, 0.15) is 33.1 Å². The summed E-state index contributed by atoms with van der Waals surface area (Å²) in [6.45, 7) is 5.55. The predicted octanol–water partition coefficient (Wildman–Crippen LogP) is 1.21. The molecule has 0 aromatic carbocycles. The van der Waals surface area contributed by atoms with E-state index in [-0.39, 0.29) is 5.54 Å². The van der Waals surface area contributed by atoms with Crippen molar-refractivity contribution in [3.63, 3.8) is 0 Å². The third-order valence-corrected chi connectivity index (χ3v) is 2.80. The quantitative estimate of drug-likeness (QED) is 0.663. The fraction of sp³-hybridized carbons (Fsp3) is 1.00. The first kappa shape index (κ1) is 9.01. The van der Waals surface area contributed by atoms with Crippen LogP contribution in [0.2, 0.25) is 0 Å². The number of hydrogen-bond acceptors (Lipinski definition) is 2. The molecule has 66 valence electrons. The van der Waals surface area contributed by atoms with Crippen molar-refractivity contribution in [2.24, 2.45) is 5.73 Å². The number of nitrogens with two attached hydrogens (primary N) is 1. The monoisotopic (exact) mass is 156 g/mol. The van der Waals surface area contributed by atoms with Crippen LogP contribution in [0.3, 0.4) is 0 Å². The summed E-state index contributed by atoms with van der Waals surface area (Å²) in [6.07, 6.45) is 3.65. The second-order valence-corrected chi connectivity index (χ2v) is 4.03. The Hall–Kier alpha value is -0.0800. The van der Waals surface area contributed by atoms with Gasteiger partial charge in [-0.15, -0.1) is 0 Å². The summed E-state index contributed by atoms with van der Waals surface area (Å²) in [7, 11) is 2.17. The summed E-state index contributed by atoms with van der Waals surface area (Å²) < 4.78 is 0. The van der Waals surface area contributed by atoms with Crippen molar-refractivity contribution in [3.05, 3.63) is 0 Å². The molecule has 1 unspecified atom stereocenters. The third kappa shape index (κ3) is 2.46. The first-order valence-corrected chi connectivity index (χ1v) is 4.56. The van der Waals surface area contributed by atoms with E-state index in [2.05, 4.69) is 25.8 Å². The Morgan fingerprint density at radius 3 is 2.45 bits per heavy atom. The van der Waals surface area contributed by atoms with Crippen molar-refractivity contribution in [2.45, 2.75) is 44.7 Å². The summed E-state index contributed by atoms with van der Waals surface area (Å²) in [5.41, 5.74) is 6.18. The highest BCUT2D eigenvalue weighted by Gasteiger charge is 2.39. The average Bonchev–Trinajstić information content (AvgIpc) is 2.66. The van der Waals surface area contributed by atoms with Gasteiger partial charge in [-0.05, 0) is 33.2 Å². The molecule has 2 nitrogen and oxygen atoms in total. The third-order valence-electron chi connectivity index (χ3n) is 2.80. The molecule has 11 heavy (non-hydrogen) atoms. The van der Waals surface area contributed by atoms with Crippen molar-refractivity contribution in [2.75, 3.05) is 13.6 Å². The zero-order valence-electron chi connectivity index (χ0n) is 7.93. The molecule has 0 aliphatic heterocycles. The molecule has 0 saturated heterocycles. The fourth-order valence-electron chi connectivity index (χ4n) is 1.28. The molecular formula is C9H20N2. The summed E-state index contributed by atoms with van der Waals surface area (Å²) >= 11 is 0. The largest absolute Gasteiger partial charge is 0.324 e. The minimum atomic E-state index is 0.179. The first-order valence-electron chi connectivity index (χ1n) is 4.56. The van der Waals surface area contributed by atoms with Gasteiger partial charge in [-0.25, -0.2) is 0 Å². The van der Waals surface area contributed by atoms with Crippen LogP contribution >= 0.6 is 0 Å². The maximum atomic E-state index is 6.00. The molecule has 0 aromatic rings. The van der Waals surface area contributed by atoms with E-state index in [9.17, 15) is 0 Å². The lowest BCUT2D eigenvalue weighted by Crippen LogP contribution is -2.41. The summed E-state index contributed by atoms with van der Waals surface area (Å²) in [6, 6.07) is 0.677. The second-order valence-electron chi connectivity index (χ2n) is 4.03. The first-order chi connectivity index (χ1) is 5.07. The number of likely N-dealkylation sites (N-methyl/N-ethyl adjacent to an activating group) is 1. The van der Waals surface area contributed by atoms with Crippen LogP contribution in [-0.4, -0.2) is 30.1 Å². The molecule has 0 heterocycles. The van der Waals surface area contributed by atoms with Gasteiger partial charge in [0, 0.05) is 18.1 Å². The van der Waals surface area contributed by atoms with Gasteiger partial charge in [-0.1, -0.05) is 6.92 Å². The van der Waals surface area contributed by atoms with Gasteiger partial charge in [0.25, 0.3) is 0 Å². The fourth-order valence-corrected chi connectivity index (χ4v) is 1.28. The van der Waals surface area contributed by atoms with E-state index in [1.165, 1.54) is 19.3 Å². The average molecular weight is 156 g/mol. The normalized spacial score (nSPS) is 23.7. The Labute approximate surface area is 69.8 Å². The highest BCUT2D eigenvalue weighted by molar-refractivity contribution is 5.01. The van der Waals surface area contributed by atoms with Gasteiger partial charge in [-0.3, -0.25) is 0 Å². The standard InChI is InChI=1S/C9H20N2/c1-4-8(2)11(3)7-9(10)5-6-9/h8H,4-7,10H2,1-3H3. The maximum absolute atomic E-state index is 6.00. The molecule has 1 aliphatic rings. The maximum Gasteiger partial charge on any atom is 0.0284 e. The van der Waals surface area contributed by atoms with Gasteiger partial charge < -0.3 is 10.6 Å². The summed E-state index contributed by atoms with van der Waals surface area (Å²) in [5.74, 6) is 0. The van der Waals surface area contributed by atoms with Gasteiger partial charge >= 0.3 is 0 Å². The van der Waals surface area contributed by atoms with Crippen molar-refractivity contribution in [1.29, 1.82) is 0 Å². The molecule has 0 bridgehead atoms. The lowest BCUT2D eigenvalue weighted by molar-refractivity contribution is 0.231. The SMILES string of the molecule is CCC(C)N(C)CC1(N)CC1. The summed E-state index contributed by atoms with van der Waals surface area (Å²) in [4.78, 5) is 2.37. The minimum absolute atomic E-state index is 0.179. The van der Waals surface area contributed by atoms with Crippen LogP contribution in [0.15, 0.2) is 0 Å². The van der Waals surface area contributed by atoms with Gasteiger partial charge in [-0.2, -0.15) is 0 Å². The Kier molecular flexibility index (Phi) is 2.55. The topological polar surface area (TPSA) is 29.3 Å². The molecule has 0 radical (unpaired) electrons. The molecule has 1 aliphatic carbocycles. The number of rotatable bonds is 4. The number of hydrogen-bond donors (Lipinski definition) is 1. The molecule has 0 aromatic heterocycles. The van der Waals surface area contributed by atoms with Crippen LogP contribution in [-0.2, 0) is 0 Å². The van der Waals surface area contributed by atoms with E-state index < -0.39 is 0 Å². The molecule has 1 fully saturated rings. The van der Waals surface area contributed by atoms with E-state index >= 15 is 0 Å². The van der Waals surface area contributed by atoms with Crippen LogP contribution < -0.4 is 5.73 Å². The Morgan fingerprint density at radius 2 is 2.09 bits per heavy atom. The van der Waals surface area contributed by atoms with Crippen molar-refractivity contribution in [3.8, 4) is 0 Å². The van der Waals surface area contributed by atoms with Crippen LogP contribution in [0.25, 0.3) is 0 Å². The van der Waals surface area contributed by atoms with Crippen molar-refractivity contribution in [1.82, 2.24) is 4.90 Å². The van der Waals surface area contributed by atoms with Crippen molar-refractivity contribution >= 4 is 0 Å². The van der Waals surface area contributed by atoms with Gasteiger partial charge in [0.1, 0.15) is 0 Å². The molecule has 0 amide bonds. The lowest BCUT2D eigenvalue weighted by Gasteiger charge is -2.26. The van der Waals surface area contributed by atoms with E-state index in [1.54, 1.807) is 0 Å². The molecule has 1 rings (SSSR count). The second kappa shape index (κ2) is 3.11. The molecule has 2 heteroatoms. The smallest absolute Gasteiger partial charge is 0.0284 e. The highest BCUT2D eigenvalue weighted by atomic mass is 15.2. The Bertz CT molecular complexity index is 130. The lowest BCUT2D eigenvalue weighted by atomic mass is 10.2. The molecule has 2 N–H and O–H groups in total. The van der Waals surface area contributed by atoms with E-state index in [4.69, 9.17) is 5.73 Å². The zero-order chi connectivity index (χ0) is 8.48. The number of nitrogens with zero attached hydrogens (tertiary/aromatic N) is 1.